The van der Waals surface area contributed by atoms with Gasteiger partial charge in [0, 0.05) is 26.2 Å². The Bertz CT molecular complexity index is 702. The van der Waals surface area contributed by atoms with Gasteiger partial charge < -0.3 is 21.3 Å². The lowest BCUT2D eigenvalue weighted by Gasteiger charge is -2.21. The number of hydrogen-bond acceptors (Lipinski definition) is 6. The van der Waals surface area contributed by atoms with Crippen molar-refractivity contribution in [3.8, 4) is 0 Å². The van der Waals surface area contributed by atoms with Crippen LogP contribution in [0.2, 0.25) is 0 Å². The van der Waals surface area contributed by atoms with Crippen LogP contribution >= 0.6 is 24.4 Å². The highest BCUT2D eigenvalue weighted by atomic mass is 32.2. The fourth-order valence-electron chi connectivity index (χ4n) is 1.83. The van der Waals surface area contributed by atoms with Crippen molar-refractivity contribution in [1.82, 2.24) is 21.3 Å². The van der Waals surface area contributed by atoms with E-state index in [0.29, 0.717) is 42.8 Å². The predicted molar refractivity (Wildman–Crippen MR) is 122 cm³/mol. The largest absolute Gasteiger partial charge is 0.363 e. The molecular weight excluding hydrogens is 460 g/mol. The normalized spacial score (nSPS) is 12.9. The van der Waals surface area contributed by atoms with Crippen molar-refractivity contribution < 1.29 is 25.9 Å². The quantitative estimate of drug-likeness (QED) is 0.127. The molecular formula is C15H32N4O6S4. The molecule has 0 fully saturated rings. The van der Waals surface area contributed by atoms with E-state index >= 15 is 0 Å². The summed E-state index contributed by atoms with van der Waals surface area (Å²) in [5, 5.41) is 12.5. The van der Waals surface area contributed by atoms with Gasteiger partial charge in [0.25, 0.3) is 20.2 Å². The van der Waals surface area contributed by atoms with Crippen molar-refractivity contribution in [2.24, 2.45) is 0 Å². The van der Waals surface area contributed by atoms with Gasteiger partial charge in [-0.3, -0.25) is 9.11 Å². The Morgan fingerprint density at radius 2 is 0.966 bits per heavy atom. The van der Waals surface area contributed by atoms with Gasteiger partial charge in [0.1, 0.15) is 0 Å². The molecule has 0 rings (SSSR count). The van der Waals surface area contributed by atoms with Gasteiger partial charge in [-0.1, -0.05) is 0 Å². The first-order chi connectivity index (χ1) is 13.0. The lowest BCUT2D eigenvalue weighted by atomic mass is 10.1. The summed E-state index contributed by atoms with van der Waals surface area (Å²) in [5.41, 5.74) is 0. The van der Waals surface area contributed by atoms with Crippen molar-refractivity contribution in [1.29, 1.82) is 0 Å². The molecule has 172 valence electrons. The summed E-state index contributed by atoms with van der Waals surface area (Å²) < 4.78 is 60.6. The van der Waals surface area contributed by atoms with Crippen LogP contribution in [0, 0.1) is 0 Å². The highest BCUT2D eigenvalue weighted by Crippen LogP contribution is 2.19. The van der Waals surface area contributed by atoms with Crippen LogP contribution in [-0.4, -0.2) is 71.8 Å². The van der Waals surface area contributed by atoms with Crippen molar-refractivity contribution in [3.05, 3.63) is 0 Å². The summed E-state index contributed by atoms with van der Waals surface area (Å²) >= 11 is 10.2. The first kappa shape index (κ1) is 28.2. The van der Waals surface area contributed by atoms with Gasteiger partial charge in [-0.05, 0) is 71.4 Å². The molecule has 0 spiro atoms. The van der Waals surface area contributed by atoms with E-state index in [2.05, 4.69) is 21.3 Å². The fraction of sp³-hybridized carbons (Fsp3) is 0.867. The van der Waals surface area contributed by atoms with Gasteiger partial charge in [0.05, 0.1) is 9.49 Å². The number of nitrogens with one attached hydrogen (secondary N) is 4. The lowest BCUT2D eigenvalue weighted by Crippen LogP contribution is -2.42. The zero-order valence-electron chi connectivity index (χ0n) is 17.1. The Morgan fingerprint density at radius 3 is 1.24 bits per heavy atom. The minimum absolute atomic E-state index is 0.198. The van der Waals surface area contributed by atoms with Gasteiger partial charge in [-0.25, -0.2) is 0 Å². The van der Waals surface area contributed by atoms with E-state index in [1.807, 2.05) is 0 Å². The summed E-state index contributed by atoms with van der Waals surface area (Å²) in [6, 6.07) is 0. The Kier molecular flexibility index (Phi) is 11.2. The molecule has 0 saturated carbocycles. The third kappa shape index (κ3) is 11.2. The molecule has 0 saturated heterocycles. The van der Waals surface area contributed by atoms with E-state index < -0.39 is 29.7 Å². The van der Waals surface area contributed by atoms with E-state index in [-0.39, 0.29) is 12.8 Å². The highest BCUT2D eigenvalue weighted by molar-refractivity contribution is 7.87. The molecule has 29 heavy (non-hydrogen) atoms. The second-order valence-electron chi connectivity index (χ2n) is 7.69. The molecule has 0 aromatic carbocycles. The highest BCUT2D eigenvalue weighted by Gasteiger charge is 2.32. The summed E-state index contributed by atoms with van der Waals surface area (Å²) in [7, 11) is -8.25. The summed E-state index contributed by atoms with van der Waals surface area (Å²) in [6.45, 7) is 7.45. The minimum Gasteiger partial charge on any atom is -0.363 e. The van der Waals surface area contributed by atoms with Crippen molar-refractivity contribution in [2.75, 3.05) is 26.2 Å². The average Bonchev–Trinajstić information content (AvgIpc) is 2.52. The lowest BCUT2D eigenvalue weighted by molar-refractivity contribution is 0.430. The third-order valence-corrected chi connectivity index (χ3v) is 8.13. The van der Waals surface area contributed by atoms with Crippen molar-refractivity contribution >= 4 is 54.9 Å². The van der Waals surface area contributed by atoms with Crippen LogP contribution in [-0.2, 0) is 20.2 Å². The minimum atomic E-state index is -4.13. The van der Waals surface area contributed by atoms with Crippen LogP contribution in [0.3, 0.4) is 0 Å². The summed E-state index contributed by atoms with van der Waals surface area (Å²) in [4.78, 5) is 0. The molecule has 0 bridgehead atoms. The van der Waals surface area contributed by atoms with Crippen LogP contribution in [0.4, 0.5) is 0 Å². The summed E-state index contributed by atoms with van der Waals surface area (Å²) in [5.74, 6) is 0. The maximum absolute atomic E-state index is 11.2. The van der Waals surface area contributed by atoms with E-state index in [0.717, 1.165) is 0 Å². The molecule has 0 aliphatic rings. The standard InChI is InChI=1S/C15H32N4O6S4/c1-14(2,28(20,21)22)6-10-18-12(26)16-8-5-9-17-13(27)19-11-7-15(3,4)29(23,24)25/h5-11H2,1-4H3,(H2,16,18,26)(H2,17,19,27)(H,20,21,22)(H,23,24,25). The van der Waals surface area contributed by atoms with Gasteiger partial charge in [-0.15, -0.1) is 0 Å². The smallest absolute Gasteiger partial charge is 0.270 e. The molecule has 0 aliphatic heterocycles. The maximum Gasteiger partial charge on any atom is 0.270 e. The van der Waals surface area contributed by atoms with Crippen LogP contribution in [0.1, 0.15) is 47.0 Å². The number of rotatable bonds is 12. The Hall–Kier alpha value is -0.800. The zero-order chi connectivity index (χ0) is 22.9. The molecule has 14 heteroatoms. The zero-order valence-corrected chi connectivity index (χ0v) is 20.4. The van der Waals surface area contributed by atoms with E-state index in [1.54, 1.807) is 0 Å². The topological polar surface area (TPSA) is 157 Å². The fourth-order valence-corrected chi connectivity index (χ4v) is 2.96. The molecule has 10 nitrogen and oxygen atoms in total. The maximum atomic E-state index is 11.2. The first-order valence-corrected chi connectivity index (χ1v) is 12.7. The van der Waals surface area contributed by atoms with Gasteiger partial charge in [0.2, 0.25) is 0 Å². The number of hydrogen-bond donors (Lipinski definition) is 6. The monoisotopic (exact) mass is 492 g/mol. The van der Waals surface area contributed by atoms with Crippen LogP contribution < -0.4 is 21.3 Å². The Labute approximate surface area is 184 Å². The van der Waals surface area contributed by atoms with Gasteiger partial charge >= 0.3 is 0 Å². The molecule has 0 atom stereocenters. The van der Waals surface area contributed by atoms with Crippen LogP contribution in [0.25, 0.3) is 0 Å². The Balaban J connectivity index is 3.88. The van der Waals surface area contributed by atoms with E-state index in [4.69, 9.17) is 33.5 Å². The molecule has 0 aromatic heterocycles. The SMILES string of the molecule is CC(C)(CCNC(=S)NCCCNC(=S)NCCC(C)(C)S(=O)(=O)O)S(=O)(=O)O. The first-order valence-electron chi connectivity index (χ1n) is 8.97. The molecule has 0 unspecified atom stereocenters. The van der Waals surface area contributed by atoms with E-state index in [1.165, 1.54) is 27.7 Å². The van der Waals surface area contributed by atoms with Gasteiger partial charge in [-0.2, -0.15) is 16.8 Å². The second-order valence-corrected chi connectivity index (χ2v) is 12.6. The summed E-state index contributed by atoms with van der Waals surface area (Å²) in [6.07, 6.45) is 1.09. The molecule has 0 amide bonds. The Morgan fingerprint density at radius 1 is 0.690 bits per heavy atom. The van der Waals surface area contributed by atoms with Gasteiger partial charge in [0.15, 0.2) is 10.2 Å². The van der Waals surface area contributed by atoms with E-state index in [9.17, 15) is 16.8 Å². The average molecular weight is 493 g/mol. The van der Waals surface area contributed by atoms with Crippen molar-refractivity contribution in [3.63, 3.8) is 0 Å². The van der Waals surface area contributed by atoms with Crippen LogP contribution in [0.15, 0.2) is 0 Å². The van der Waals surface area contributed by atoms with Crippen LogP contribution in [0.5, 0.6) is 0 Å². The molecule has 0 heterocycles. The molecule has 0 aromatic rings. The molecule has 0 aliphatic carbocycles. The predicted octanol–water partition coefficient (Wildman–Crippen LogP) is 0.418. The van der Waals surface area contributed by atoms with Crippen molar-refractivity contribution in [2.45, 2.75) is 56.5 Å². The molecule has 0 radical (unpaired) electrons. The molecule has 6 N–H and O–H groups in total. The third-order valence-electron chi connectivity index (χ3n) is 4.35. The second kappa shape index (κ2) is 11.6. The number of thiocarbonyl (C=S) groups is 2.